The molecule has 1 fully saturated rings. The van der Waals surface area contributed by atoms with Crippen LogP contribution in [0.4, 0.5) is 0 Å². The van der Waals surface area contributed by atoms with Crippen molar-refractivity contribution in [3.05, 3.63) is 51.8 Å². The van der Waals surface area contributed by atoms with Crippen molar-refractivity contribution in [2.24, 2.45) is 0 Å². The van der Waals surface area contributed by atoms with Gasteiger partial charge in [-0.25, -0.2) is 9.89 Å². The van der Waals surface area contributed by atoms with Gasteiger partial charge in [0.05, 0.1) is 0 Å². The maximum absolute atomic E-state index is 11.0. The summed E-state index contributed by atoms with van der Waals surface area (Å²) in [5.74, 6) is 0.915. The van der Waals surface area contributed by atoms with Crippen molar-refractivity contribution in [3.63, 3.8) is 0 Å². The van der Waals surface area contributed by atoms with Crippen LogP contribution in [0.1, 0.15) is 55.5 Å². The molecule has 22 heavy (non-hydrogen) atoms. The maximum atomic E-state index is 11.0. The predicted octanol–water partition coefficient (Wildman–Crippen LogP) is 2.87. The molecule has 5 heteroatoms. The third kappa shape index (κ3) is 3.30. The van der Waals surface area contributed by atoms with Crippen molar-refractivity contribution in [1.82, 2.24) is 15.1 Å². The van der Waals surface area contributed by atoms with Gasteiger partial charge in [0, 0.05) is 12.5 Å². The van der Waals surface area contributed by atoms with Crippen LogP contribution in [-0.2, 0) is 6.54 Å². The third-order valence-electron chi connectivity index (χ3n) is 4.46. The van der Waals surface area contributed by atoms with E-state index in [2.05, 4.69) is 53.2 Å². The molecular weight excluding hydrogens is 278 g/mol. The van der Waals surface area contributed by atoms with Gasteiger partial charge >= 0.3 is 5.76 Å². The standard InChI is InChI=1S/C17H23N3O2/c1-12(2)15-6-4-3-5-14(15)11-20-9-7-13(8-10-20)16-18-19-17(21)22-16/h3-6,12-13H,7-11H2,1-2H3,(H,19,21). The number of nitrogens with zero attached hydrogens (tertiary/aromatic N) is 2. The first kappa shape index (κ1) is 15.0. The molecule has 2 heterocycles. The normalized spacial score (nSPS) is 17.2. The van der Waals surface area contributed by atoms with Gasteiger partial charge in [0.2, 0.25) is 5.89 Å². The number of hydrogen-bond acceptors (Lipinski definition) is 4. The van der Waals surface area contributed by atoms with Gasteiger partial charge < -0.3 is 4.42 Å². The first-order valence-electron chi connectivity index (χ1n) is 7.99. The molecular formula is C17H23N3O2. The molecule has 1 N–H and O–H groups in total. The summed E-state index contributed by atoms with van der Waals surface area (Å²) in [7, 11) is 0. The molecule has 1 aromatic carbocycles. The van der Waals surface area contributed by atoms with Crippen molar-refractivity contribution < 1.29 is 4.42 Å². The second-order valence-electron chi connectivity index (χ2n) is 6.36. The first-order valence-corrected chi connectivity index (χ1v) is 7.99. The number of hydrogen-bond donors (Lipinski definition) is 1. The van der Waals surface area contributed by atoms with E-state index in [1.54, 1.807) is 0 Å². The molecule has 0 amide bonds. The van der Waals surface area contributed by atoms with Gasteiger partial charge in [-0.05, 0) is 43.0 Å². The van der Waals surface area contributed by atoms with Gasteiger partial charge in [-0.2, -0.15) is 0 Å². The van der Waals surface area contributed by atoms with Crippen molar-refractivity contribution in [1.29, 1.82) is 0 Å². The molecule has 3 rings (SSSR count). The molecule has 0 radical (unpaired) electrons. The lowest BCUT2D eigenvalue weighted by atomic mass is 9.94. The number of benzene rings is 1. The molecule has 0 saturated carbocycles. The highest BCUT2D eigenvalue weighted by Gasteiger charge is 2.24. The zero-order valence-corrected chi connectivity index (χ0v) is 13.2. The fourth-order valence-electron chi connectivity index (χ4n) is 3.24. The van der Waals surface area contributed by atoms with E-state index >= 15 is 0 Å². The van der Waals surface area contributed by atoms with Crippen LogP contribution in [0.3, 0.4) is 0 Å². The minimum absolute atomic E-state index is 0.260. The van der Waals surface area contributed by atoms with Crippen LogP contribution >= 0.6 is 0 Å². The Labute approximate surface area is 130 Å². The first-order chi connectivity index (χ1) is 10.6. The van der Waals surface area contributed by atoms with Gasteiger partial charge in [0.25, 0.3) is 0 Å². The third-order valence-corrected chi connectivity index (χ3v) is 4.46. The van der Waals surface area contributed by atoms with Crippen LogP contribution in [0.5, 0.6) is 0 Å². The molecule has 1 aliphatic heterocycles. The highest BCUT2D eigenvalue weighted by atomic mass is 16.4. The monoisotopic (exact) mass is 301 g/mol. The second-order valence-corrected chi connectivity index (χ2v) is 6.36. The van der Waals surface area contributed by atoms with Crippen molar-refractivity contribution in [2.75, 3.05) is 13.1 Å². The molecule has 118 valence electrons. The Bertz CT molecular complexity index is 666. The SMILES string of the molecule is CC(C)c1ccccc1CN1CCC(c2n[nH]c(=O)o2)CC1. The summed E-state index contributed by atoms with van der Waals surface area (Å²) >= 11 is 0. The van der Waals surface area contributed by atoms with Crippen molar-refractivity contribution in [3.8, 4) is 0 Å². The summed E-state index contributed by atoms with van der Waals surface area (Å²) in [6, 6.07) is 8.69. The van der Waals surface area contributed by atoms with Crippen LogP contribution in [0, 0.1) is 0 Å². The molecule has 0 aliphatic carbocycles. The minimum atomic E-state index is -0.455. The number of nitrogens with one attached hydrogen (secondary N) is 1. The second kappa shape index (κ2) is 6.48. The van der Waals surface area contributed by atoms with Crippen LogP contribution in [0.15, 0.2) is 33.5 Å². The van der Waals surface area contributed by atoms with Crippen molar-refractivity contribution in [2.45, 2.75) is 45.1 Å². The number of likely N-dealkylation sites (tertiary alicyclic amines) is 1. The van der Waals surface area contributed by atoms with E-state index in [-0.39, 0.29) is 5.92 Å². The van der Waals surface area contributed by atoms with Gasteiger partial charge in [0.1, 0.15) is 0 Å². The number of rotatable bonds is 4. The number of H-pyrrole nitrogens is 1. The van der Waals surface area contributed by atoms with Gasteiger partial charge in [-0.1, -0.05) is 38.1 Å². The Kier molecular flexibility index (Phi) is 4.43. The highest BCUT2D eigenvalue weighted by Crippen LogP contribution is 2.28. The van der Waals surface area contributed by atoms with E-state index in [1.807, 2.05) is 0 Å². The Morgan fingerprint density at radius 3 is 2.68 bits per heavy atom. The Morgan fingerprint density at radius 1 is 1.32 bits per heavy atom. The largest absolute Gasteiger partial charge is 0.434 e. The van der Waals surface area contributed by atoms with Gasteiger partial charge in [0.15, 0.2) is 0 Å². The van der Waals surface area contributed by atoms with E-state index in [0.29, 0.717) is 11.8 Å². The lowest BCUT2D eigenvalue weighted by Gasteiger charge is -2.31. The van der Waals surface area contributed by atoms with Crippen molar-refractivity contribution >= 4 is 0 Å². The summed E-state index contributed by atoms with van der Waals surface area (Å²) in [5, 5.41) is 6.31. The summed E-state index contributed by atoms with van der Waals surface area (Å²) in [6.45, 7) is 7.49. The average molecular weight is 301 g/mol. The molecule has 0 unspecified atom stereocenters. The topological polar surface area (TPSA) is 62.1 Å². The lowest BCUT2D eigenvalue weighted by Crippen LogP contribution is -2.33. The van der Waals surface area contributed by atoms with E-state index in [0.717, 1.165) is 32.5 Å². The quantitative estimate of drug-likeness (QED) is 0.943. The predicted molar refractivity (Wildman–Crippen MR) is 84.9 cm³/mol. The Balaban J connectivity index is 1.62. The van der Waals surface area contributed by atoms with Crippen LogP contribution in [0.25, 0.3) is 0 Å². The average Bonchev–Trinajstić information content (AvgIpc) is 2.95. The Morgan fingerprint density at radius 2 is 2.05 bits per heavy atom. The molecule has 2 aromatic rings. The molecule has 0 spiro atoms. The number of aromatic nitrogens is 2. The summed E-state index contributed by atoms with van der Waals surface area (Å²) in [4.78, 5) is 13.5. The molecule has 5 nitrogen and oxygen atoms in total. The van der Waals surface area contributed by atoms with Crippen LogP contribution in [-0.4, -0.2) is 28.2 Å². The van der Waals surface area contributed by atoms with Gasteiger partial charge in [-0.15, -0.1) is 5.10 Å². The smallest absolute Gasteiger partial charge is 0.392 e. The molecule has 1 aliphatic rings. The fourth-order valence-corrected chi connectivity index (χ4v) is 3.24. The Hall–Kier alpha value is -1.88. The molecule has 1 aromatic heterocycles. The maximum Gasteiger partial charge on any atom is 0.434 e. The molecule has 1 saturated heterocycles. The van der Waals surface area contributed by atoms with Gasteiger partial charge in [-0.3, -0.25) is 4.90 Å². The molecule has 0 bridgehead atoms. The summed E-state index contributed by atoms with van der Waals surface area (Å²) in [5.41, 5.74) is 2.85. The fraction of sp³-hybridized carbons (Fsp3) is 0.529. The minimum Gasteiger partial charge on any atom is -0.392 e. The zero-order valence-electron chi connectivity index (χ0n) is 13.2. The number of aromatic amines is 1. The highest BCUT2D eigenvalue weighted by molar-refractivity contribution is 5.29. The summed E-state index contributed by atoms with van der Waals surface area (Å²) < 4.78 is 5.09. The van der Waals surface area contributed by atoms with Crippen LogP contribution in [0.2, 0.25) is 0 Å². The lowest BCUT2D eigenvalue weighted by molar-refractivity contribution is 0.191. The van der Waals surface area contributed by atoms with E-state index in [1.165, 1.54) is 11.1 Å². The zero-order chi connectivity index (χ0) is 15.5. The van der Waals surface area contributed by atoms with E-state index < -0.39 is 5.76 Å². The van der Waals surface area contributed by atoms with E-state index in [4.69, 9.17) is 4.42 Å². The van der Waals surface area contributed by atoms with E-state index in [9.17, 15) is 4.79 Å². The number of piperidine rings is 1. The summed E-state index contributed by atoms with van der Waals surface area (Å²) in [6.07, 6.45) is 1.97. The van der Waals surface area contributed by atoms with Crippen LogP contribution < -0.4 is 5.76 Å². The molecule has 0 atom stereocenters.